The maximum Gasteiger partial charge on any atom is 0.343 e. The number of aliphatic hydroxyl groups excluding tert-OH is 4. The number of carbonyl (C=O) groups is 1. The number of benzene rings is 2. The molecule has 11 heteroatoms. The van der Waals surface area contributed by atoms with Crippen LogP contribution < -0.4 is 10.2 Å². The molecule has 1 saturated heterocycles. The van der Waals surface area contributed by atoms with Gasteiger partial charge in [0.2, 0.25) is 0 Å². The topological polar surface area (TPSA) is 187 Å². The Kier molecular flexibility index (Phi) is 5.59. The molecule has 0 amide bonds. The van der Waals surface area contributed by atoms with Crippen LogP contribution in [0.4, 0.5) is 0 Å². The predicted octanol–water partition coefficient (Wildman–Crippen LogP) is -0.424. The van der Waals surface area contributed by atoms with Gasteiger partial charge in [-0.2, -0.15) is 0 Å². The number of aliphatic hydroxyl groups is 4. The van der Waals surface area contributed by atoms with Crippen LogP contribution in [-0.4, -0.2) is 67.3 Å². The van der Waals surface area contributed by atoms with Crippen LogP contribution in [0.2, 0.25) is 0 Å². The number of esters is 1. The van der Waals surface area contributed by atoms with E-state index in [2.05, 4.69) is 0 Å². The first-order valence-corrected chi connectivity index (χ1v) is 9.35. The van der Waals surface area contributed by atoms with Crippen molar-refractivity contribution in [3.8, 4) is 28.6 Å². The van der Waals surface area contributed by atoms with Crippen LogP contribution in [0.1, 0.15) is 0 Å². The minimum Gasteiger partial charge on any atom is -0.508 e. The van der Waals surface area contributed by atoms with Crippen molar-refractivity contribution in [3.05, 3.63) is 52.7 Å². The number of phenols is 2. The lowest BCUT2D eigenvalue weighted by molar-refractivity contribution is -0.279. The average molecular weight is 446 g/mol. The average Bonchev–Trinajstić information content (AvgIpc) is 2.74. The normalized spacial score (nSPS) is 25.6. The quantitative estimate of drug-likeness (QED) is 0.226. The summed E-state index contributed by atoms with van der Waals surface area (Å²) in [6.45, 7) is 0. The number of fused-ring (bicyclic) bond motifs is 1. The van der Waals surface area contributed by atoms with Crippen molar-refractivity contribution in [2.75, 3.05) is 0 Å². The zero-order valence-electron chi connectivity index (χ0n) is 16.2. The molecule has 32 heavy (non-hydrogen) atoms. The van der Waals surface area contributed by atoms with E-state index in [0.717, 1.165) is 18.2 Å². The van der Waals surface area contributed by atoms with Gasteiger partial charge in [-0.05, 0) is 24.3 Å². The molecule has 0 spiro atoms. The third-order valence-electron chi connectivity index (χ3n) is 4.97. The van der Waals surface area contributed by atoms with Gasteiger partial charge in [-0.25, -0.2) is 4.79 Å². The highest BCUT2D eigenvalue weighted by Gasteiger charge is 2.47. The lowest BCUT2D eigenvalue weighted by atomic mass is 9.99. The molecule has 0 bridgehead atoms. The van der Waals surface area contributed by atoms with E-state index in [9.17, 15) is 40.2 Å². The van der Waals surface area contributed by atoms with Crippen LogP contribution >= 0.6 is 0 Å². The van der Waals surface area contributed by atoms with Crippen LogP contribution in [0.3, 0.4) is 0 Å². The molecule has 4 rings (SSSR count). The van der Waals surface area contributed by atoms with Crippen molar-refractivity contribution in [1.82, 2.24) is 0 Å². The SMILES string of the molecule is O=C(Oc1cc(O)c2c(=O)cc(-c3ccc(O)cc3)oc2c1)C1OC(O)C(O)C(O)C1O. The van der Waals surface area contributed by atoms with E-state index in [1.165, 1.54) is 24.3 Å². The van der Waals surface area contributed by atoms with Gasteiger partial charge in [0.05, 0.1) is 0 Å². The molecular weight excluding hydrogens is 428 g/mol. The number of carbonyl (C=O) groups excluding carboxylic acids is 1. The smallest absolute Gasteiger partial charge is 0.343 e. The second kappa shape index (κ2) is 8.22. The summed E-state index contributed by atoms with van der Waals surface area (Å²) in [7, 11) is 0. The van der Waals surface area contributed by atoms with E-state index >= 15 is 0 Å². The Morgan fingerprint density at radius 3 is 2.28 bits per heavy atom. The van der Waals surface area contributed by atoms with Crippen LogP contribution in [0, 0.1) is 0 Å². The Morgan fingerprint density at radius 1 is 0.906 bits per heavy atom. The van der Waals surface area contributed by atoms with E-state index in [1.54, 1.807) is 0 Å². The molecule has 1 aliphatic rings. The van der Waals surface area contributed by atoms with E-state index in [1.807, 2.05) is 0 Å². The largest absolute Gasteiger partial charge is 0.508 e. The zero-order valence-corrected chi connectivity index (χ0v) is 16.2. The van der Waals surface area contributed by atoms with Crippen molar-refractivity contribution in [2.24, 2.45) is 0 Å². The summed E-state index contributed by atoms with van der Waals surface area (Å²) >= 11 is 0. The molecule has 11 nitrogen and oxygen atoms in total. The molecule has 5 unspecified atom stereocenters. The van der Waals surface area contributed by atoms with Gasteiger partial charge in [0.1, 0.15) is 52.3 Å². The fourth-order valence-corrected chi connectivity index (χ4v) is 3.30. The number of rotatable bonds is 3. The monoisotopic (exact) mass is 446 g/mol. The molecule has 1 fully saturated rings. The molecule has 2 heterocycles. The van der Waals surface area contributed by atoms with Crippen molar-refractivity contribution in [2.45, 2.75) is 30.7 Å². The lowest BCUT2D eigenvalue weighted by Crippen LogP contribution is -2.60. The van der Waals surface area contributed by atoms with E-state index in [-0.39, 0.29) is 28.2 Å². The minimum atomic E-state index is -1.94. The molecule has 1 aromatic heterocycles. The molecule has 0 aliphatic carbocycles. The third-order valence-corrected chi connectivity index (χ3v) is 4.97. The van der Waals surface area contributed by atoms with Crippen molar-refractivity contribution in [1.29, 1.82) is 0 Å². The van der Waals surface area contributed by atoms with Crippen molar-refractivity contribution >= 4 is 16.9 Å². The summed E-state index contributed by atoms with van der Waals surface area (Å²) in [5, 5.41) is 58.2. The van der Waals surface area contributed by atoms with Gasteiger partial charge in [0, 0.05) is 23.8 Å². The van der Waals surface area contributed by atoms with Gasteiger partial charge in [0.15, 0.2) is 17.8 Å². The third kappa shape index (κ3) is 3.90. The maximum atomic E-state index is 12.5. The van der Waals surface area contributed by atoms with Crippen molar-refractivity contribution < 1.29 is 49.3 Å². The fourth-order valence-electron chi connectivity index (χ4n) is 3.30. The van der Waals surface area contributed by atoms with Gasteiger partial charge in [-0.1, -0.05) is 0 Å². The highest BCUT2D eigenvalue weighted by molar-refractivity contribution is 5.87. The Labute approximate surface area is 178 Å². The second-order valence-electron chi connectivity index (χ2n) is 7.18. The lowest BCUT2D eigenvalue weighted by Gasteiger charge is -2.36. The van der Waals surface area contributed by atoms with Crippen LogP contribution in [0.15, 0.2) is 51.7 Å². The molecule has 168 valence electrons. The summed E-state index contributed by atoms with van der Waals surface area (Å²) in [6.07, 6.45) is -9.37. The summed E-state index contributed by atoms with van der Waals surface area (Å²) < 4.78 is 15.5. The van der Waals surface area contributed by atoms with Crippen LogP contribution in [0.25, 0.3) is 22.3 Å². The summed E-state index contributed by atoms with van der Waals surface area (Å²) in [5.74, 6) is -1.93. The van der Waals surface area contributed by atoms with E-state index < -0.39 is 47.9 Å². The van der Waals surface area contributed by atoms with Gasteiger partial charge >= 0.3 is 5.97 Å². The van der Waals surface area contributed by atoms with E-state index in [4.69, 9.17) is 13.9 Å². The molecule has 5 atom stereocenters. The summed E-state index contributed by atoms with van der Waals surface area (Å²) in [5.41, 5.74) is -0.233. The van der Waals surface area contributed by atoms with Gasteiger partial charge < -0.3 is 44.5 Å². The standard InChI is InChI=1S/C21H18O11/c22-9-3-1-8(2-4-9)13-7-12(24)15-11(23)5-10(6-14(15)31-13)30-21(29)19-17(26)16(25)18(27)20(28)32-19/h1-7,16-20,22-23,25-28H. The highest BCUT2D eigenvalue weighted by Crippen LogP contribution is 2.32. The number of phenolic OH excluding ortho intramolecular Hbond substituents is 2. The van der Waals surface area contributed by atoms with Crippen LogP contribution in [0.5, 0.6) is 17.2 Å². The Morgan fingerprint density at radius 2 is 1.59 bits per heavy atom. The Hall–Kier alpha value is -3.48. The second-order valence-corrected chi connectivity index (χ2v) is 7.18. The fraction of sp³-hybridized carbons (Fsp3) is 0.238. The maximum absolute atomic E-state index is 12.5. The Bertz CT molecular complexity index is 1220. The number of hydrogen-bond acceptors (Lipinski definition) is 11. The van der Waals surface area contributed by atoms with Crippen LogP contribution in [-0.2, 0) is 9.53 Å². The highest BCUT2D eigenvalue weighted by atomic mass is 16.7. The number of aromatic hydroxyl groups is 2. The molecule has 3 aromatic rings. The number of ether oxygens (including phenoxy) is 2. The first-order valence-electron chi connectivity index (χ1n) is 9.35. The molecule has 0 saturated carbocycles. The molecular formula is C21H18O11. The number of hydrogen-bond donors (Lipinski definition) is 6. The minimum absolute atomic E-state index is 0.0126. The van der Waals surface area contributed by atoms with Gasteiger partial charge in [0.25, 0.3) is 0 Å². The van der Waals surface area contributed by atoms with E-state index in [0.29, 0.717) is 5.56 Å². The Balaban J connectivity index is 1.67. The molecule has 2 aromatic carbocycles. The zero-order chi connectivity index (χ0) is 23.2. The first kappa shape index (κ1) is 21.7. The summed E-state index contributed by atoms with van der Waals surface area (Å²) in [4.78, 5) is 24.9. The summed E-state index contributed by atoms with van der Waals surface area (Å²) in [6, 6.07) is 9.07. The predicted molar refractivity (Wildman–Crippen MR) is 106 cm³/mol. The molecule has 1 aliphatic heterocycles. The molecule has 6 N–H and O–H groups in total. The first-order chi connectivity index (χ1) is 15.2. The molecule has 0 radical (unpaired) electrons. The van der Waals surface area contributed by atoms with Gasteiger partial charge in [-0.3, -0.25) is 4.79 Å². The van der Waals surface area contributed by atoms with Crippen molar-refractivity contribution in [3.63, 3.8) is 0 Å². The van der Waals surface area contributed by atoms with Gasteiger partial charge in [-0.15, -0.1) is 0 Å².